The Morgan fingerprint density at radius 3 is 2.62 bits per heavy atom. The van der Waals surface area contributed by atoms with E-state index in [4.69, 9.17) is 23.8 Å². The quantitative estimate of drug-likeness (QED) is 0.777. The zero-order valence-electron chi connectivity index (χ0n) is 13.8. The van der Waals surface area contributed by atoms with Gasteiger partial charge in [0.15, 0.2) is 5.11 Å². The number of benzene rings is 1. The van der Waals surface area contributed by atoms with Crippen molar-refractivity contribution in [2.45, 2.75) is 36.6 Å². The van der Waals surface area contributed by atoms with Gasteiger partial charge < -0.3 is 10.6 Å². The predicted molar refractivity (Wildman–Crippen MR) is 101 cm³/mol. The molecule has 0 heterocycles. The minimum Gasteiger partial charge on any atom is -0.359 e. The van der Waals surface area contributed by atoms with E-state index in [1.165, 1.54) is 45.8 Å². The highest BCUT2D eigenvalue weighted by Crippen LogP contribution is 2.44. The van der Waals surface area contributed by atoms with Crippen molar-refractivity contribution >= 4 is 44.6 Å². The van der Waals surface area contributed by atoms with Crippen LogP contribution in [0.3, 0.4) is 0 Å². The van der Waals surface area contributed by atoms with E-state index in [0.717, 1.165) is 10.2 Å². The lowest BCUT2D eigenvalue weighted by Crippen LogP contribution is -2.40. The monoisotopic (exact) mass is 387 g/mol. The number of fused-ring (bicyclic) bond motifs is 2. The molecule has 0 aromatic heterocycles. The molecule has 0 aliphatic heterocycles. The van der Waals surface area contributed by atoms with Crippen LogP contribution in [-0.4, -0.2) is 38.0 Å². The molecule has 1 aromatic rings. The highest BCUT2D eigenvalue weighted by Gasteiger charge is 2.39. The maximum absolute atomic E-state index is 12.3. The smallest absolute Gasteiger partial charge is 0.244 e. The second kappa shape index (κ2) is 6.78. The molecule has 2 fully saturated rings. The maximum Gasteiger partial charge on any atom is 0.244 e. The van der Waals surface area contributed by atoms with Crippen molar-refractivity contribution in [3.8, 4) is 0 Å². The highest BCUT2D eigenvalue weighted by molar-refractivity contribution is 7.89. The number of hydrogen-bond acceptors (Lipinski definition) is 3. The lowest BCUT2D eigenvalue weighted by molar-refractivity contribution is 0.392. The summed E-state index contributed by atoms with van der Waals surface area (Å²) in [7, 11) is -0.639. The Hall–Kier alpha value is -0.890. The number of rotatable bonds is 4. The molecule has 2 bridgehead atoms. The van der Waals surface area contributed by atoms with E-state index in [1.807, 2.05) is 0 Å². The van der Waals surface area contributed by atoms with Crippen LogP contribution in [0.25, 0.3) is 0 Å². The highest BCUT2D eigenvalue weighted by atomic mass is 35.5. The summed E-state index contributed by atoms with van der Waals surface area (Å²) in [6.07, 6.45) is 5.09. The van der Waals surface area contributed by atoms with Crippen LogP contribution in [0.15, 0.2) is 23.1 Å². The van der Waals surface area contributed by atoms with Gasteiger partial charge in [0.05, 0.1) is 5.02 Å². The predicted octanol–water partition coefficient (Wildman–Crippen LogP) is 3.07. The fourth-order valence-electron chi connectivity index (χ4n) is 3.73. The van der Waals surface area contributed by atoms with Gasteiger partial charge in [-0.3, -0.25) is 0 Å². The number of sulfonamides is 1. The van der Waals surface area contributed by atoms with Crippen LogP contribution in [0.1, 0.15) is 25.7 Å². The zero-order chi connectivity index (χ0) is 17.5. The molecule has 3 rings (SSSR count). The summed E-state index contributed by atoms with van der Waals surface area (Å²) >= 11 is 11.5. The van der Waals surface area contributed by atoms with Crippen LogP contribution in [0, 0.1) is 11.8 Å². The van der Waals surface area contributed by atoms with Crippen molar-refractivity contribution in [2.24, 2.45) is 11.8 Å². The molecule has 1 aromatic carbocycles. The molecule has 24 heavy (non-hydrogen) atoms. The number of thiocarbonyl (C=S) groups is 1. The minimum absolute atomic E-state index is 0.0712. The zero-order valence-corrected chi connectivity index (χ0v) is 16.1. The van der Waals surface area contributed by atoms with Crippen molar-refractivity contribution in [3.63, 3.8) is 0 Å². The summed E-state index contributed by atoms with van der Waals surface area (Å²) in [5.41, 5.74) is 0.612. The third-order valence-corrected chi connectivity index (χ3v) is 7.52. The Bertz CT molecular complexity index is 752. The van der Waals surface area contributed by atoms with E-state index >= 15 is 0 Å². The lowest BCUT2D eigenvalue weighted by atomic mass is 9.96. The van der Waals surface area contributed by atoms with Crippen LogP contribution in [0.4, 0.5) is 5.69 Å². The molecule has 3 atom stereocenters. The third-order valence-electron chi connectivity index (χ3n) is 5.00. The SMILES string of the molecule is CN(C)S(=O)(=O)c1cc(NC(=S)NC2CC3CCC2C3)ccc1Cl. The average molecular weight is 388 g/mol. The summed E-state index contributed by atoms with van der Waals surface area (Å²) < 4.78 is 25.8. The van der Waals surface area contributed by atoms with Crippen LogP contribution < -0.4 is 10.6 Å². The number of nitrogens with zero attached hydrogens (tertiary/aromatic N) is 1. The Kier molecular flexibility index (Phi) is 5.06. The molecule has 5 nitrogen and oxygen atoms in total. The minimum atomic E-state index is -3.60. The van der Waals surface area contributed by atoms with Gasteiger partial charge in [-0.2, -0.15) is 0 Å². The normalized spacial score (nSPS) is 25.9. The summed E-state index contributed by atoms with van der Waals surface area (Å²) in [6, 6.07) is 5.25. The van der Waals surface area contributed by atoms with Crippen molar-refractivity contribution < 1.29 is 8.42 Å². The standard InChI is InChI=1S/C16H22ClN3O2S2/c1-20(2)24(21,22)15-9-12(5-6-13(15)17)18-16(23)19-14-8-10-3-4-11(14)7-10/h5-6,9-11,14H,3-4,7-8H2,1-2H3,(H2,18,19,23). The summed E-state index contributed by atoms with van der Waals surface area (Å²) in [4.78, 5) is 0.0712. The van der Waals surface area contributed by atoms with Crippen molar-refractivity contribution in [1.29, 1.82) is 0 Å². The maximum atomic E-state index is 12.3. The average Bonchev–Trinajstić information content (AvgIpc) is 3.11. The van der Waals surface area contributed by atoms with Gasteiger partial charge in [0.1, 0.15) is 4.90 Å². The van der Waals surface area contributed by atoms with Gasteiger partial charge in [-0.15, -0.1) is 0 Å². The molecule has 2 aliphatic carbocycles. The molecule has 2 aliphatic rings. The summed E-state index contributed by atoms with van der Waals surface area (Å²) in [5, 5.41) is 7.19. The van der Waals surface area contributed by atoms with E-state index in [0.29, 0.717) is 22.8 Å². The Labute approximate surface area is 153 Å². The molecule has 0 amide bonds. The van der Waals surface area contributed by atoms with E-state index in [1.54, 1.807) is 12.1 Å². The van der Waals surface area contributed by atoms with Crippen LogP contribution in [0.5, 0.6) is 0 Å². The van der Waals surface area contributed by atoms with Gasteiger partial charge >= 0.3 is 0 Å². The largest absolute Gasteiger partial charge is 0.359 e. The molecule has 0 saturated heterocycles. The van der Waals surface area contributed by atoms with Crippen LogP contribution in [-0.2, 0) is 10.0 Å². The molecule has 0 radical (unpaired) electrons. The topological polar surface area (TPSA) is 61.4 Å². The molecule has 2 N–H and O–H groups in total. The van der Waals surface area contributed by atoms with Gasteiger partial charge in [0.25, 0.3) is 0 Å². The van der Waals surface area contributed by atoms with E-state index < -0.39 is 10.0 Å². The fraction of sp³-hybridized carbons (Fsp3) is 0.562. The number of anilines is 1. The molecular formula is C16H22ClN3O2S2. The summed E-state index contributed by atoms with van der Waals surface area (Å²) in [6.45, 7) is 0. The first-order chi connectivity index (χ1) is 11.3. The fourth-order valence-corrected chi connectivity index (χ4v) is 5.40. The first-order valence-electron chi connectivity index (χ1n) is 8.07. The van der Waals surface area contributed by atoms with Gasteiger partial charge in [-0.25, -0.2) is 12.7 Å². The van der Waals surface area contributed by atoms with Gasteiger partial charge in [0.2, 0.25) is 10.0 Å². The molecule has 3 unspecified atom stereocenters. The second-order valence-electron chi connectivity index (χ2n) is 6.81. The third kappa shape index (κ3) is 3.54. The van der Waals surface area contributed by atoms with E-state index in [2.05, 4.69) is 10.6 Å². The molecule has 8 heteroatoms. The van der Waals surface area contributed by atoms with E-state index in [-0.39, 0.29) is 9.92 Å². The van der Waals surface area contributed by atoms with Gasteiger partial charge in [0, 0.05) is 25.8 Å². The van der Waals surface area contributed by atoms with Crippen molar-refractivity contribution in [3.05, 3.63) is 23.2 Å². The molecule has 132 valence electrons. The Morgan fingerprint density at radius 1 is 1.29 bits per heavy atom. The molecule has 0 spiro atoms. The van der Waals surface area contributed by atoms with Crippen LogP contribution >= 0.6 is 23.8 Å². The first kappa shape index (κ1) is 17.9. The number of nitrogens with one attached hydrogen (secondary N) is 2. The van der Waals surface area contributed by atoms with Crippen LogP contribution in [0.2, 0.25) is 5.02 Å². The first-order valence-corrected chi connectivity index (χ1v) is 10.3. The number of halogens is 1. The summed E-state index contributed by atoms with van der Waals surface area (Å²) in [5.74, 6) is 1.55. The number of hydrogen-bond donors (Lipinski definition) is 2. The van der Waals surface area contributed by atoms with Gasteiger partial charge in [-0.05, 0) is 61.5 Å². The molecule has 2 saturated carbocycles. The van der Waals surface area contributed by atoms with Crippen molar-refractivity contribution in [2.75, 3.05) is 19.4 Å². The van der Waals surface area contributed by atoms with Crippen molar-refractivity contribution in [1.82, 2.24) is 9.62 Å². The Morgan fingerprint density at radius 2 is 2.04 bits per heavy atom. The van der Waals surface area contributed by atoms with E-state index in [9.17, 15) is 8.42 Å². The molecular weight excluding hydrogens is 366 g/mol. The Balaban J connectivity index is 1.70. The second-order valence-corrected chi connectivity index (χ2v) is 9.75. The van der Waals surface area contributed by atoms with Gasteiger partial charge in [-0.1, -0.05) is 18.0 Å². The lowest BCUT2D eigenvalue weighted by Gasteiger charge is -2.24.